The zero-order valence-corrected chi connectivity index (χ0v) is 16.8. The molecule has 0 bridgehead atoms. The average molecular weight is 407 g/mol. The Balaban J connectivity index is 0.00000225. The van der Waals surface area contributed by atoms with Gasteiger partial charge in [-0.15, -0.1) is 12.4 Å². The molecule has 0 saturated carbocycles. The number of nitrogens with one attached hydrogen (secondary N) is 1. The number of likely N-dealkylation sites (tertiary alicyclic amines) is 1. The van der Waals surface area contributed by atoms with Crippen LogP contribution in [0.1, 0.15) is 31.2 Å². The summed E-state index contributed by atoms with van der Waals surface area (Å²) in [6.07, 6.45) is 7.79. The van der Waals surface area contributed by atoms with E-state index in [2.05, 4.69) is 10.4 Å². The van der Waals surface area contributed by atoms with Crippen molar-refractivity contribution in [2.75, 3.05) is 26.2 Å². The second kappa shape index (κ2) is 9.05. The van der Waals surface area contributed by atoms with Gasteiger partial charge in [-0.1, -0.05) is 18.2 Å². The number of hydrogen-bond donors (Lipinski definition) is 1. The number of nitrogens with zero attached hydrogens (tertiary/aromatic N) is 3. The summed E-state index contributed by atoms with van der Waals surface area (Å²) in [5.41, 5.74) is 0.223. The minimum Gasteiger partial charge on any atom is -0.341 e. The van der Waals surface area contributed by atoms with E-state index in [-0.39, 0.29) is 24.1 Å². The standard InChI is InChI=1S/C21H27FN4O.ClH/c22-19-5-2-1-4-18(19)16-17-6-14-25(15-7-17)20(27)21(8-11-23-12-9-21)26-13-3-10-24-26;/h1-5,10,13,17,23H,6-9,11-12,14-16H2;1H. The lowest BCUT2D eigenvalue weighted by Gasteiger charge is -2.42. The maximum atomic E-state index is 13.9. The predicted octanol–water partition coefficient (Wildman–Crippen LogP) is 3.00. The highest BCUT2D eigenvalue weighted by molar-refractivity contribution is 5.85. The molecule has 1 amide bonds. The van der Waals surface area contributed by atoms with Gasteiger partial charge >= 0.3 is 0 Å². The Morgan fingerprint density at radius 1 is 1.18 bits per heavy atom. The Kier molecular flexibility index (Phi) is 6.73. The van der Waals surface area contributed by atoms with Crippen LogP contribution in [0.15, 0.2) is 42.7 Å². The molecule has 0 radical (unpaired) electrons. The van der Waals surface area contributed by atoms with Crippen molar-refractivity contribution in [3.63, 3.8) is 0 Å². The molecule has 0 aliphatic carbocycles. The minimum absolute atomic E-state index is 0. The maximum absolute atomic E-state index is 13.9. The lowest BCUT2D eigenvalue weighted by Crippen LogP contribution is -2.57. The number of aromatic nitrogens is 2. The molecule has 0 atom stereocenters. The number of halogens is 2. The number of rotatable bonds is 4. The van der Waals surface area contributed by atoms with Crippen LogP contribution in [0.2, 0.25) is 0 Å². The van der Waals surface area contributed by atoms with Gasteiger partial charge in [-0.05, 0) is 68.8 Å². The fourth-order valence-electron chi connectivity index (χ4n) is 4.51. The van der Waals surface area contributed by atoms with E-state index < -0.39 is 5.54 Å². The van der Waals surface area contributed by atoms with Gasteiger partial charge < -0.3 is 10.2 Å². The van der Waals surface area contributed by atoms with Crippen LogP contribution in [-0.4, -0.2) is 46.8 Å². The van der Waals surface area contributed by atoms with E-state index in [0.717, 1.165) is 63.8 Å². The van der Waals surface area contributed by atoms with Gasteiger partial charge in [-0.2, -0.15) is 5.10 Å². The van der Waals surface area contributed by atoms with Crippen molar-refractivity contribution in [3.05, 3.63) is 54.1 Å². The molecule has 5 nitrogen and oxygen atoms in total. The zero-order chi connectivity index (χ0) is 18.7. The molecule has 1 aromatic heterocycles. The van der Waals surface area contributed by atoms with E-state index in [0.29, 0.717) is 5.92 Å². The third-order valence-electron chi connectivity index (χ3n) is 6.14. The van der Waals surface area contributed by atoms with Gasteiger partial charge in [0, 0.05) is 25.5 Å². The topological polar surface area (TPSA) is 50.2 Å². The van der Waals surface area contributed by atoms with Crippen LogP contribution in [-0.2, 0) is 16.8 Å². The van der Waals surface area contributed by atoms with Gasteiger partial charge in [0.2, 0.25) is 0 Å². The van der Waals surface area contributed by atoms with Crippen molar-refractivity contribution >= 4 is 18.3 Å². The molecule has 2 aliphatic rings. The Labute approximate surface area is 171 Å². The van der Waals surface area contributed by atoms with E-state index in [9.17, 15) is 9.18 Å². The third-order valence-corrected chi connectivity index (χ3v) is 6.14. The van der Waals surface area contributed by atoms with Crippen LogP contribution >= 0.6 is 12.4 Å². The van der Waals surface area contributed by atoms with Crippen molar-refractivity contribution in [2.45, 2.75) is 37.6 Å². The van der Waals surface area contributed by atoms with Crippen molar-refractivity contribution in [1.82, 2.24) is 20.0 Å². The van der Waals surface area contributed by atoms with Crippen LogP contribution in [0, 0.1) is 11.7 Å². The summed E-state index contributed by atoms with van der Waals surface area (Å²) in [4.78, 5) is 15.5. The Hall–Kier alpha value is -1.92. The number of benzene rings is 1. The highest BCUT2D eigenvalue weighted by atomic mass is 35.5. The molecular weight excluding hydrogens is 379 g/mol. The first-order valence-corrected chi connectivity index (χ1v) is 9.93. The highest BCUT2D eigenvalue weighted by Crippen LogP contribution is 2.32. The molecule has 2 fully saturated rings. The van der Waals surface area contributed by atoms with Gasteiger partial charge in [0.1, 0.15) is 11.4 Å². The third kappa shape index (κ3) is 4.08. The second-order valence-electron chi connectivity index (χ2n) is 7.76. The number of hydrogen-bond acceptors (Lipinski definition) is 3. The largest absolute Gasteiger partial charge is 0.341 e. The van der Waals surface area contributed by atoms with Gasteiger partial charge in [-0.25, -0.2) is 4.39 Å². The summed E-state index contributed by atoms with van der Waals surface area (Å²) in [7, 11) is 0. The van der Waals surface area contributed by atoms with Crippen molar-refractivity contribution < 1.29 is 9.18 Å². The molecule has 2 aromatic rings. The summed E-state index contributed by atoms with van der Waals surface area (Å²) in [5, 5.41) is 7.76. The van der Waals surface area contributed by atoms with Gasteiger partial charge in [0.25, 0.3) is 5.91 Å². The normalized spacial score (nSPS) is 19.8. The Morgan fingerprint density at radius 3 is 2.54 bits per heavy atom. The summed E-state index contributed by atoms with van der Waals surface area (Å²) in [5.74, 6) is 0.500. The van der Waals surface area contributed by atoms with E-state index in [1.54, 1.807) is 12.3 Å². The smallest absolute Gasteiger partial charge is 0.250 e. The molecule has 4 rings (SSSR count). The van der Waals surface area contributed by atoms with E-state index in [1.807, 2.05) is 34.0 Å². The lowest BCUT2D eigenvalue weighted by atomic mass is 9.84. The highest BCUT2D eigenvalue weighted by Gasteiger charge is 2.45. The molecule has 3 heterocycles. The van der Waals surface area contributed by atoms with Crippen LogP contribution < -0.4 is 5.32 Å². The monoisotopic (exact) mass is 406 g/mol. The molecule has 28 heavy (non-hydrogen) atoms. The van der Waals surface area contributed by atoms with Crippen LogP contribution in [0.5, 0.6) is 0 Å². The SMILES string of the molecule is Cl.O=C(N1CCC(Cc2ccccc2F)CC1)C1(n2cccn2)CCNCC1. The first-order chi connectivity index (χ1) is 13.2. The Morgan fingerprint density at radius 2 is 1.89 bits per heavy atom. The molecule has 152 valence electrons. The molecule has 0 unspecified atom stereocenters. The molecule has 7 heteroatoms. The molecule has 2 aliphatic heterocycles. The van der Waals surface area contributed by atoms with Crippen LogP contribution in [0.3, 0.4) is 0 Å². The first-order valence-electron chi connectivity index (χ1n) is 9.93. The lowest BCUT2D eigenvalue weighted by molar-refractivity contribution is -0.144. The van der Waals surface area contributed by atoms with Gasteiger partial charge in [-0.3, -0.25) is 9.48 Å². The zero-order valence-electron chi connectivity index (χ0n) is 16.0. The number of carbonyl (C=O) groups excluding carboxylic acids is 1. The fourth-order valence-corrected chi connectivity index (χ4v) is 4.51. The first kappa shape index (κ1) is 20.8. The van der Waals surface area contributed by atoms with Crippen molar-refractivity contribution in [2.24, 2.45) is 5.92 Å². The maximum Gasteiger partial charge on any atom is 0.250 e. The Bertz CT molecular complexity index is 768. The van der Waals surface area contributed by atoms with Gasteiger partial charge in [0.05, 0.1) is 0 Å². The molecular formula is C21H28ClFN4O. The van der Waals surface area contributed by atoms with Crippen molar-refractivity contribution in [3.8, 4) is 0 Å². The van der Waals surface area contributed by atoms with E-state index in [4.69, 9.17) is 0 Å². The summed E-state index contributed by atoms with van der Waals surface area (Å²) >= 11 is 0. The molecule has 1 N–H and O–H groups in total. The van der Waals surface area contributed by atoms with E-state index >= 15 is 0 Å². The second-order valence-corrected chi connectivity index (χ2v) is 7.76. The summed E-state index contributed by atoms with van der Waals surface area (Å²) in [6, 6.07) is 8.90. The van der Waals surface area contributed by atoms with Crippen molar-refractivity contribution in [1.29, 1.82) is 0 Å². The van der Waals surface area contributed by atoms with Crippen LogP contribution in [0.4, 0.5) is 4.39 Å². The quantitative estimate of drug-likeness (QED) is 0.849. The average Bonchev–Trinajstić information content (AvgIpc) is 3.26. The number of amides is 1. The summed E-state index contributed by atoms with van der Waals surface area (Å²) < 4.78 is 15.8. The fraction of sp³-hybridized carbons (Fsp3) is 0.524. The minimum atomic E-state index is -0.562. The number of piperidine rings is 2. The predicted molar refractivity (Wildman–Crippen MR) is 109 cm³/mol. The molecule has 2 saturated heterocycles. The summed E-state index contributed by atoms with van der Waals surface area (Å²) in [6.45, 7) is 3.15. The van der Waals surface area contributed by atoms with Crippen LogP contribution in [0.25, 0.3) is 0 Å². The van der Waals surface area contributed by atoms with Gasteiger partial charge in [0.15, 0.2) is 0 Å². The molecule has 0 spiro atoms. The number of carbonyl (C=O) groups is 1. The molecule has 1 aromatic carbocycles. The van der Waals surface area contributed by atoms with E-state index in [1.165, 1.54) is 6.07 Å².